The highest BCUT2D eigenvalue weighted by molar-refractivity contribution is 5.30. The Balaban J connectivity index is 1.89. The average Bonchev–Trinajstić information content (AvgIpc) is 2.91. The van der Waals surface area contributed by atoms with Gasteiger partial charge in [0.25, 0.3) is 0 Å². The second-order valence-corrected chi connectivity index (χ2v) is 4.98. The first kappa shape index (κ1) is 11.4. The van der Waals surface area contributed by atoms with Crippen LogP contribution in [0.5, 0.6) is 0 Å². The van der Waals surface area contributed by atoms with Gasteiger partial charge in [-0.05, 0) is 25.0 Å². The van der Waals surface area contributed by atoms with E-state index in [-0.39, 0.29) is 0 Å². The molecule has 1 aromatic heterocycles. The Morgan fingerprint density at radius 3 is 2.50 bits per heavy atom. The van der Waals surface area contributed by atoms with Crippen molar-refractivity contribution in [1.29, 1.82) is 0 Å². The molecule has 1 aliphatic carbocycles. The highest BCUT2D eigenvalue weighted by atomic mass is 16.3. The maximum atomic E-state index is 10.6. The third-order valence-corrected chi connectivity index (χ3v) is 3.67. The molecule has 1 aromatic carbocycles. The highest BCUT2D eigenvalue weighted by Gasteiger charge is 2.34. The molecule has 1 aliphatic rings. The molecule has 4 nitrogen and oxygen atoms in total. The number of aromatic nitrogens is 3. The second-order valence-electron chi connectivity index (χ2n) is 4.98. The highest BCUT2D eigenvalue weighted by Crippen LogP contribution is 2.35. The van der Waals surface area contributed by atoms with Gasteiger partial charge in [0, 0.05) is 0 Å². The van der Waals surface area contributed by atoms with E-state index in [1.54, 1.807) is 4.68 Å². The Bertz CT molecular complexity index is 515. The van der Waals surface area contributed by atoms with Crippen LogP contribution in [0.4, 0.5) is 0 Å². The van der Waals surface area contributed by atoms with E-state index < -0.39 is 5.60 Å². The van der Waals surface area contributed by atoms with Gasteiger partial charge in [-0.3, -0.25) is 0 Å². The summed E-state index contributed by atoms with van der Waals surface area (Å²) < 4.78 is 1.72. The molecule has 4 heteroatoms. The van der Waals surface area contributed by atoms with Gasteiger partial charge in [-0.2, -0.15) is 0 Å². The second kappa shape index (κ2) is 4.53. The number of hydrogen-bond donors (Lipinski definition) is 1. The van der Waals surface area contributed by atoms with Crippen LogP contribution < -0.4 is 0 Å². The molecule has 3 rings (SSSR count). The first-order chi connectivity index (χ1) is 8.78. The Morgan fingerprint density at radius 1 is 1.06 bits per heavy atom. The summed E-state index contributed by atoms with van der Waals surface area (Å²) in [5, 5.41) is 18.9. The zero-order valence-corrected chi connectivity index (χ0v) is 10.3. The number of rotatable bonds is 2. The molecule has 0 radical (unpaired) electrons. The molecule has 0 bridgehead atoms. The molecule has 1 fully saturated rings. The molecule has 2 aromatic rings. The van der Waals surface area contributed by atoms with Crippen molar-refractivity contribution < 1.29 is 5.11 Å². The van der Waals surface area contributed by atoms with Crippen molar-refractivity contribution in [2.24, 2.45) is 0 Å². The fourth-order valence-corrected chi connectivity index (χ4v) is 2.58. The molecule has 18 heavy (non-hydrogen) atoms. The summed E-state index contributed by atoms with van der Waals surface area (Å²) in [6.45, 7) is 0. The molecular formula is C14H17N3O. The summed E-state index contributed by atoms with van der Waals surface area (Å²) >= 11 is 0. The smallest absolute Gasteiger partial charge is 0.115 e. The van der Waals surface area contributed by atoms with Crippen molar-refractivity contribution in [3.63, 3.8) is 0 Å². The molecule has 0 aliphatic heterocycles. The van der Waals surface area contributed by atoms with E-state index in [9.17, 15) is 5.11 Å². The number of para-hydroxylation sites is 1. The number of nitrogens with zero attached hydrogens (tertiary/aromatic N) is 3. The lowest BCUT2D eigenvalue weighted by Gasteiger charge is -2.29. The predicted molar refractivity (Wildman–Crippen MR) is 68.3 cm³/mol. The van der Waals surface area contributed by atoms with E-state index in [4.69, 9.17) is 0 Å². The molecule has 0 amide bonds. The van der Waals surface area contributed by atoms with Gasteiger partial charge in [-0.1, -0.05) is 42.7 Å². The first-order valence-electron chi connectivity index (χ1n) is 6.49. The van der Waals surface area contributed by atoms with E-state index in [0.29, 0.717) is 5.69 Å². The molecule has 1 N–H and O–H groups in total. The standard InChI is InChI=1S/C14H17N3O/c18-14(9-5-2-6-10-14)13-11-17(16-15-13)12-7-3-1-4-8-12/h1,3-4,7-8,11,18H,2,5-6,9-10H2. The van der Waals surface area contributed by atoms with Crippen LogP contribution in [-0.2, 0) is 5.60 Å². The lowest BCUT2D eigenvalue weighted by atomic mass is 9.83. The van der Waals surface area contributed by atoms with Gasteiger partial charge >= 0.3 is 0 Å². The molecule has 1 heterocycles. The van der Waals surface area contributed by atoms with Crippen molar-refractivity contribution >= 4 is 0 Å². The van der Waals surface area contributed by atoms with Crippen molar-refractivity contribution in [2.75, 3.05) is 0 Å². The SMILES string of the molecule is OC1(c2cn(-c3ccccc3)nn2)CCCCC1. The zero-order valence-electron chi connectivity index (χ0n) is 10.3. The van der Waals surface area contributed by atoms with Crippen molar-refractivity contribution in [3.8, 4) is 5.69 Å². The topological polar surface area (TPSA) is 50.9 Å². The average molecular weight is 243 g/mol. The van der Waals surface area contributed by atoms with Gasteiger partial charge in [0.1, 0.15) is 11.3 Å². The van der Waals surface area contributed by atoms with E-state index in [0.717, 1.165) is 31.4 Å². The van der Waals surface area contributed by atoms with Gasteiger partial charge in [0.2, 0.25) is 0 Å². The predicted octanol–water partition coefficient (Wildman–Crippen LogP) is 2.42. The number of benzene rings is 1. The zero-order chi connectivity index (χ0) is 12.4. The van der Waals surface area contributed by atoms with Crippen molar-refractivity contribution in [3.05, 3.63) is 42.2 Å². The quantitative estimate of drug-likeness (QED) is 0.881. The molecule has 0 unspecified atom stereocenters. The first-order valence-corrected chi connectivity index (χ1v) is 6.49. The maximum Gasteiger partial charge on any atom is 0.115 e. The number of hydrogen-bond acceptors (Lipinski definition) is 3. The van der Waals surface area contributed by atoms with Gasteiger partial charge in [0.15, 0.2) is 0 Å². The monoisotopic (exact) mass is 243 g/mol. The van der Waals surface area contributed by atoms with Crippen LogP contribution in [0.15, 0.2) is 36.5 Å². The summed E-state index contributed by atoms with van der Waals surface area (Å²) in [4.78, 5) is 0. The van der Waals surface area contributed by atoms with E-state index >= 15 is 0 Å². The Labute approximate surface area is 106 Å². The maximum absolute atomic E-state index is 10.6. The van der Waals surface area contributed by atoms with Gasteiger partial charge < -0.3 is 5.11 Å². The van der Waals surface area contributed by atoms with Crippen LogP contribution >= 0.6 is 0 Å². The van der Waals surface area contributed by atoms with Crippen LogP contribution in [0.2, 0.25) is 0 Å². The van der Waals surface area contributed by atoms with Crippen LogP contribution in [0.1, 0.15) is 37.8 Å². The summed E-state index contributed by atoms with van der Waals surface area (Å²) in [6.07, 6.45) is 6.76. The Hall–Kier alpha value is -1.68. The van der Waals surface area contributed by atoms with Gasteiger partial charge in [0.05, 0.1) is 11.9 Å². The summed E-state index contributed by atoms with van der Waals surface area (Å²) in [5.74, 6) is 0. The van der Waals surface area contributed by atoms with Gasteiger partial charge in [-0.15, -0.1) is 5.10 Å². The lowest BCUT2D eigenvalue weighted by molar-refractivity contribution is -0.00472. The molecule has 94 valence electrons. The van der Waals surface area contributed by atoms with Crippen molar-refractivity contribution in [1.82, 2.24) is 15.0 Å². The largest absolute Gasteiger partial charge is 0.383 e. The third-order valence-electron chi connectivity index (χ3n) is 3.67. The normalized spacial score (nSPS) is 18.7. The minimum atomic E-state index is -0.773. The molecule has 0 spiro atoms. The van der Waals surface area contributed by atoms with Crippen LogP contribution in [0.25, 0.3) is 5.69 Å². The molecule has 1 saturated carbocycles. The molecular weight excluding hydrogens is 226 g/mol. The summed E-state index contributed by atoms with van der Waals surface area (Å²) in [6, 6.07) is 9.85. The summed E-state index contributed by atoms with van der Waals surface area (Å²) in [5.41, 5.74) is 0.896. The number of aliphatic hydroxyl groups is 1. The van der Waals surface area contributed by atoms with Crippen LogP contribution in [-0.4, -0.2) is 20.1 Å². The Kier molecular flexibility index (Phi) is 2.88. The minimum absolute atomic E-state index is 0.700. The van der Waals surface area contributed by atoms with Crippen molar-refractivity contribution in [2.45, 2.75) is 37.7 Å². The fraction of sp³-hybridized carbons (Fsp3) is 0.429. The lowest BCUT2D eigenvalue weighted by Crippen LogP contribution is -2.28. The van der Waals surface area contributed by atoms with E-state index in [1.165, 1.54) is 6.42 Å². The molecule has 0 saturated heterocycles. The minimum Gasteiger partial charge on any atom is -0.383 e. The molecule has 0 atom stereocenters. The van der Waals surface area contributed by atoms with E-state index in [2.05, 4.69) is 10.3 Å². The van der Waals surface area contributed by atoms with E-state index in [1.807, 2.05) is 36.5 Å². The van der Waals surface area contributed by atoms with Gasteiger partial charge in [-0.25, -0.2) is 4.68 Å². The summed E-state index contributed by atoms with van der Waals surface area (Å²) in [7, 11) is 0. The van der Waals surface area contributed by atoms with Crippen LogP contribution in [0, 0.1) is 0 Å². The fourth-order valence-electron chi connectivity index (χ4n) is 2.58. The van der Waals surface area contributed by atoms with Crippen LogP contribution in [0.3, 0.4) is 0 Å². The Morgan fingerprint density at radius 2 is 1.78 bits per heavy atom. The third kappa shape index (κ3) is 2.04.